The van der Waals surface area contributed by atoms with Crippen LogP contribution in [-0.2, 0) is 5.41 Å². The summed E-state index contributed by atoms with van der Waals surface area (Å²) in [6.45, 7) is 6.59. The highest BCUT2D eigenvalue weighted by atomic mass is 32.1. The average Bonchev–Trinajstić information content (AvgIpc) is 3.32. The fourth-order valence-electron chi connectivity index (χ4n) is 4.65. The van der Waals surface area contributed by atoms with Crippen molar-refractivity contribution in [1.82, 2.24) is 19.9 Å². The van der Waals surface area contributed by atoms with Crippen LogP contribution in [0.5, 0.6) is 0 Å². The lowest BCUT2D eigenvalue weighted by Gasteiger charge is -2.22. The van der Waals surface area contributed by atoms with Gasteiger partial charge in [-0.05, 0) is 36.8 Å². The van der Waals surface area contributed by atoms with Gasteiger partial charge in [-0.15, -0.1) is 11.3 Å². The van der Waals surface area contributed by atoms with Gasteiger partial charge in [0.1, 0.15) is 5.01 Å². The van der Waals surface area contributed by atoms with E-state index in [2.05, 4.69) is 56.1 Å². The Morgan fingerprint density at radius 1 is 0.839 bits per heavy atom. The zero-order valence-corrected chi connectivity index (χ0v) is 18.4. The minimum absolute atomic E-state index is 0.0938. The molecule has 2 aromatic carbocycles. The molecule has 1 aliphatic rings. The highest BCUT2D eigenvalue weighted by molar-refractivity contribution is 7.21. The zero-order chi connectivity index (χ0) is 21.2. The van der Waals surface area contributed by atoms with Crippen LogP contribution in [0.2, 0.25) is 0 Å². The van der Waals surface area contributed by atoms with Crippen LogP contribution in [0.3, 0.4) is 0 Å². The van der Waals surface area contributed by atoms with Crippen LogP contribution in [0.25, 0.3) is 43.6 Å². The normalized spacial score (nSPS) is 13.9. The Bertz CT molecular complexity index is 1430. The Kier molecular flexibility index (Phi) is 3.86. The van der Waals surface area contributed by atoms with E-state index in [0.717, 1.165) is 33.2 Å². The zero-order valence-electron chi connectivity index (χ0n) is 17.5. The van der Waals surface area contributed by atoms with E-state index in [9.17, 15) is 0 Å². The van der Waals surface area contributed by atoms with Gasteiger partial charge in [0.05, 0.1) is 21.6 Å². The molecule has 4 nitrogen and oxygen atoms in total. The second-order valence-electron chi connectivity index (χ2n) is 8.45. The minimum atomic E-state index is -0.0938. The van der Waals surface area contributed by atoms with Gasteiger partial charge < -0.3 is 0 Å². The third-order valence-corrected chi connectivity index (χ3v) is 7.16. The number of aromatic nitrogens is 4. The van der Waals surface area contributed by atoms with Crippen molar-refractivity contribution in [2.45, 2.75) is 26.2 Å². The van der Waals surface area contributed by atoms with Crippen LogP contribution < -0.4 is 0 Å². The lowest BCUT2D eigenvalue weighted by molar-refractivity contribution is 0.649. The second kappa shape index (κ2) is 6.53. The molecule has 0 unspecified atom stereocenters. The van der Waals surface area contributed by atoms with E-state index < -0.39 is 0 Å². The van der Waals surface area contributed by atoms with Gasteiger partial charge >= 0.3 is 0 Å². The second-order valence-corrected chi connectivity index (χ2v) is 9.48. The fourth-order valence-corrected chi connectivity index (χ4v) is 5.59. The lowest BCUT2D eigenvalue weighted by atomic mass is 9.82. The highest BCUT2D eigenvalue weighted by Gasteiger charge is 2.38. The lowest BCUT2D eigenvalue weighted by Crippen LogP contribution is -2.17. The summed E-state index contributed by atoms with van der Waals surface area (Å²) >= 11 is 1.66. The first-order chi connectivity index (χ1) is 15.0. The molecule has 5 aromatic rings. The van der Waals surface area contributed by atoms with Crippen LogP contribution in [0.4, 0.5) is 0 Å². The maximum atomic E-state index is 4.99. The molecule has 0 amide bonds. The Morgan fingerprint density at radius 2 is 1.65 bits per heavy atom. The number of para-hydroxylation sites is 1. The van der Waals surface area contributed by atoms with Crippen LogP contribution in [0.15, 0.2) is 66.9 Å². The minimum Gasteiger partial charge on any atom is -0.253 e. The number of nitrogens with zero attached hydrogens (tertiary/aromatic N) is 4. The van der Waals surface area contributed by atoms with E-state index in [0.29, 0.717) is 5.82 Å². The first-order valence-electron chi connectivity index (χ1n) is 10.3. The van der Waals surface area contributed by atoms with Crippen molar-refractivity contribution >= 4 is 21.6 Å². The molecule has 0 atom stereocenters. The monoisotopic (exact) mass is 420 g/mol. The summed E-state index contributed by atoms with van der Waals surface area (Å²) in [5.41, 5.74) is 8.49. The summed E-state index contributed by atoms with van der Waals surface area (Å²) in [4.78, 5) is 19.3. The Labute approximate surface area is 184 Å². The van der Waals surface area contributed by atoms with Crippen molar-refractivity contribution in [3.05, 3.63) is 83.7 Å². The summed E-state index contributed by atoms with van der Waals surface area (Å²) in [6, 6.07) is 20.8. The molecule has 0 radical (unpaired) electrons. The number of hydrogen-bond donors (Lipinski definition) is 0. The van der Waals surface area contributed by atoms with Gasteiger partial charge in [-0.3, -0.25) is 4.98 Å². The topological polar surface area (TPSA) is 51.6 Å². The molecule has 1 aliphatic carbocycles. The quantitative estimate of drug-likeness (QED) is 0.330. The summed E-state index contributed by atoms with van der Waals surface area (Å²) < 4.78 is 1.17. The van der Waals surface area contributed by atoms with Crippen molar-refractivity contribution in [2.24, 2.45) is 0 Å². The molecule has 0 bridgehead atoms. The molecule has 0 saturated heterocycles. The van der Waals surface area contributed by atoms with Crippen molar-refractivity contribution in [3.63, 3.8) is 0 Å². The molecule has 0 saturated carbocycles. The number of fused-ring (bicyclic) bond motifs is 4. The van der Waals surface area contributed by atoms with E-state index >= 15 is 0 Å². The maximum Gasteiger partial charge on any atom is 0.161 e. The molecule has 31 heavy (non-hydrogen) atoms. The van der Waals surface area contributed by atoms with Crippen LogP contribution >= 0.6 is 11.3 Å². The summed E-state index contributed by atoms with van der Waals surface area (Å²) in [6.07, 6.45) is 1.86. The van der Waals surface area contributed by atoms with Crippen molar-refractivity contribution < 1.29 is 0 Å². The first-order valence-corrected chi connectivity index (χ1v) is 11.2. The predicted octanol–water partition coefficient (Wildman–Crippen LogP) is 6.43. The van der Waals surface area contributed by atoms with E-state index in [-0.39, 0.29) is 5.41 Å². The Balaban J connectivity index is 1.43. The smallest absolute Gasteiger partial charge is 0.161 e. The molecular weight excluding hydrogens is 400 g/mol. The van der Waals surface area contributed by atoms with Crippen LogP contribution in [0.1, 0.15) is 30.7 Å². The number of rotatable bonds is 2. The number of thiazole rings is 1. The summed E-state index contributed by atoms with van der Waals surface area (Å²) in [7, 11) is 0. The first kappa shape index (κ1) is 18.3. The molecule has 150 valence electrons. The standard InChI is InChI=1S/C26H20N4S/c1-15-22-23(17-8-4-5-9-18(17)26(22,2)3)30-24(28-15)16-12-13-20(27-14-16)25-29-19-10-6-7-11-21(19)31-25/h4-14H,1-3H3. The maximum absolute atomic E-state index is 4.99. The van der Waals surface area contributed by atoms with Gasteiger partial charge in [0.2, 0.25) is 0 Å². The molecule has 6 rings (SSSR count). The Morgan fingerprint density at radius 3 is 2.45 bits per heavy atom. The van der Waals surface area contributed by atoms with Crippen molar-refractivity contribution in [1.29, 1.82) is 0 Å². The molecular formula is C26H20N4S. The Hall–Kier alpha value is -3.44. The SMILES string of the molecule is Cc1nc(-c2ccc(-c3nc4ccccc4s3)nc2)nc2c1C(C)(C)c1ccccc1-2. The largest absolute Gasteiger partial charge is 0.253 e. The summed E-state index contributed by atoms with van der Waals surface area (Å²) in [5.74, 6) is 0.715. The van der Waals surface area contributed by atoms with E-state index in [1.807, 2.05) is 36.5 Å². The van der Waals surface area contributed by atoms with E-state index in [1.165, 1.54) is 21.4 Å². The molecule has 0 spiro atoms. The van der Waals surface area contributed by atoms with Crippen LogP contribution in [0, 0.1) is 6.92 Å². The number of aryl methyl sites for hydroxylation is 1. The molecule has 5 heteroatoms. The van der Waals surface area contributed by atoms with Gasteiger partial charge in [-0.25, -0.2) is 15.0 Å². The van der Waals surface area contributed by atoms with Crippen molar-refractivity contribution in [3.8, 4) is 33.3 Å². The molecule has 0 N–H and O–H groups in total. The molecule has 3 heterocycles. The van der Waals surface area contributed by atoms with E-state index in [4.69, 9.17) is 15.0 Å². The number of benzene rings is 2. The molecule has 0 aliphatic heterocycles. The van der Waals surface area contributed by atoms with Gasteiger partial charge in [-0.1, -0.05) is 50.2 Å². The molecule has 3 aromatic heterocycles. The van der Waals surface area contributed by atoms with Gasteiger partial charge in [-0.2, -0.15) is 0 Å². The third-order valence-electron chi connectivity index (χ3n) is 6.11. The van der Waals surface area contributed by atoms with E-state index in [1.54, 1.807) is 11.3 Å². The molecule has 0 fully saturated rings. The van der Waals surface area contributed by atoms with Crippen molar-refractivity contribution in [2.75, 3.05) is 0 Å². The van der Waals surface area contributed by atoms with Gasteiger partial charge in [0.25, 0.3) is 0 Å². The van der Waals surface area contributed by atoms with Crippen LogP contribution in [-0.4, -0.2) is 19.9 Å². The highest BCUT2D eigenvalue weighted by Crippen LogP contribution is 2.48. The van der Waals surface area contributed by atoms with Gasteiger partial charge in [0.15, 0.2) is 5.82 Å². The predicted molar refractivity (Wildman–Crippen MR) is 126 cm³/mol. The fraction of sp³-hybridized carbons (Fsp3) is 0.154. The number of hydrogen-bond acceptors (Lipinski definition) is 5. The number of pyridine rings is 1. The third kappa shape index (κ3) is 2.73. The summed E-state index contributed by atoms with van der Waals surface area (Å²) in [5, 5.41) is 0.925. The average molecular weight is 421 g/mol. The van der Waals surface area contributed by atoms with Gasteiger partial charge in [0, 0.05) is 34.0 Å².